The van der Waals surface area contributed by atoms with Gasteiger partial charge in [-0.15, -0.1) is 0 Å². The molecular formula is C17H14ClF2NO. The van der Waals surface area contributed by atoms with Crippen molar-refractivity contribution in [1.29, 1.82) is 0 Å². The van der Waals surface area contributed by atoms with Crippen LogP contribution in [0.3, 0.4) is 0 Å². The summed E-state index contributed by atoms with van der Waals surface area (Å²) in [6, 6.07) is 10.5. The maximum atomic E-state index is 13.8. The second-order valence-electron chi connectivity index (χ2n) is 5.30. The molecule has 1 heterocycles. The number of hydrogen-bond donors (Lipinski definition) is 0. The number of nitrogens with zero attached hydrogens (tertiary/aromatic N) is 1. The fourth-order valence-electron chi connectivity index (χ4n) is 2.89. The van der Waals surface area contributed by atoms with E-state index >= 15 is 0 Å². The van der Waals surface area contributed by atoms with E-state index in [2.05, 4.69) is 0 Å². The highest BCUT2D eigenvalue weighted by Gasteiger charge is 2.33. The number of rotatable bonds is 2. The number of carbonyl (C=O) groups excluding carboxylic acids is 1. The molecule has 1 aliphatic heterocycles. The molecule has 1 fully saturated rings. The average Bonchev–Trinajstić information content (AvgIpc) is 2.97. The lowest BCUT2D eigenvalue weighted by Crippen LogP contribution is -2.32. The summed E-state index contributed by atoms with van der Waals surface area (Å²) in [5, 5.41) is 0.611. The van der Waals surface area contributed by atoms with Crippen molar-refractivity contribution in [2.45, 2.75) is 18.9 Å². The predicted octanol–water partition coefficient (Wildman–Crippen LogP) is 4.60. The first-order valence-corrected chi connectivity index (χ1v) is 7.46. The highest BCUT2D eigenvalue weighted by Crippen LogP contribution is 2.34. The van der Waals surface area contributed by atoms with E-state index in [0.717, 1.165) is 30.5 Å². The van der Waals surface area contributed by atoms with Crippen LogP contribution >= 0.6 is 11.6 Å². The molecule has 1 amide bonds. The number of amides is 1. The Balaban J connectivity index is 1.93. The van der Waals surface area contributed by atoms with Gasteiger partial charge in [0.1, 0.15) is 17.2 Å². The third-order valence-electron chi connectivity index (χ3n) is 3.95. The van der Waals surface area contributed by atoms with E-state index in [4.69, 9.17) is 11.6 Å². The molecule has 2 nitrogen and oxygen atoms in total. The second kappa shape index (κ2) is 6.05. The lowest BCUT2D eigenvalue weighted by molar-refractivity contribution is 0.0725. The highest BCUT2D eigenvalue weighted by molar-refractivity contribution is 6.30. The fourth-order valence-corrected chi connectivity index (χ4v) is 3.01. The van der Waals surface area contributed by atoms with Gasteiger partial charge < -0.3 is 4.90 Å². The summed E-state index contributed by atoms with van der Waals surface area (Å²) in [4.78, 5) is 14.1. The highest BCUT2D eigenvalue weighted by atomic mass is 35.5. The summed E-state index contributed by atoms with van der Waals surface area (Å²) < 4.78 is 27.7. The van der Waals surface area contributed by atoms with E-state index in [9.17, 15) is 13.6 Å². The molecule has 0 radical (unpaired) electrons. The zero-order valence-electron chi connectivity index (χ0n) is 11.7. The SMILES string of the molecule is O=C(c1c(F)cccc1F)N1CCC[C@H]1c1ccc(Cl)cc1. The van der Waals surface area contributed by atoms with Crippen LogP contribution in [0, 0.1) is 11.6 Å². The van der Waals surface area contributed by atoms with Gasteiger partial charge in [0.2, 0.25) is 0 Å². The monoisotopic (exact) mass is 321 g/mol. The Morgan fingerprint density at radius 1 is 1.09 bits per heavy atom. The Bertz CT molecular complexity index is 682. The summed E-state index contributed by atoms with van der Waals surface area (Å²) in [5.41, 5.74) is 0.440. The van der Waals surface area contributed by atoms with Crippen LogP contribution in [-0.2, 0) is 0 Å². The van der Waals surface area contributed by atoms with Gasteiger partial charge in [-0.25, -0.2) is 8.78 Å². The van der Waals surface area contributed by atoms with E-state index in [1.165, 1.54) is 11.0 Å². The number of benzene rings is 2. The summed E-state index contributed by atoms with van der Waals surface area (Å²) in [6.07, 6.45) is 1.57. The average molecular weight is 322 g/mol. The predicted molar refractivity (Wildman–Crippen MR) is 80.8 cm³/mol. The molecular weight excluding hydrogens is 308 g/mol. The standard InChI is InChI=1S/C17H14ClF2NO/c18-12-8-6-11(7-9-12)15-5-2-10-21(15)17(22)16-13(19)3-1-4-14(16)20/h1,3-4,6-9,15H,2,5,10H2/t15-/m0/s1. The van der Waals surface area contributed by atoms with Crippen LogP contribution in [0.5, 0.6) is 0 Å². The molecule has 0 spiro atoms. The molecule has 0 N–H and O–H groups in total. The first-order chi connectivity index (χ1) is 10.6. The van der Waals surface area contributed by atoms with Crippen LogP contribution in [0.25, 0.3) is 0 Å². The number of halogens is 3. The number of carbonyl (C=O) groups is 1. The Morgan fingerprint density at radius 2 is 1.73 bits per heavy atom. The van der Waals surface area contributed by atoms with Gasteiger partial charge in [-0.1, -0.05) is 29.8 Å². The van der Waals surface area contributed by atoms with E-state index in [1.54, 1.807) is 12.1 Å². The molecule has 0 unspecified atom stereocenters. The molecule has 0 saturated carbocycles. The largest absolute Gasteiger partial charge is 0.331 e. The van der Waals surface area contributed by atoms with Crippen molar-refractivity contribution >= 4 is 17.5 Å². The van der Waals surface area contributed by atoms with Gasteiger partial charge in [-0.05, 0) is 42.7 Å². The minimum Gasteiger partial charge on any atom is -0.331 e. The molecule has 0 bridgehead atoms. The van der Waals surface area contributed by atoms with Crippen molar-refractivity contribution in [3.8, 4) is 0 Å². The van der Waals surface area contributed by atoms with E-state index < -0.39 is 23.1 Å². The van der Waals surface area contributed by atoms with Gasteiger partial charge in [0.05, 0.1) is 6.04 Å². The van der Waals surface area contributed by atoms with Crippen LogP contribution in [0.15, 0.2) is 42.5 Å². The molecule has 2 aromatic rings. The normalized spacial score (nSPS) is 17.8. The van der Waals surface area contributed by atoms with Crippen LogP contribution in [0.4, 0.5) is 8.78 Å². The summed E-state index contributed by atoms with van der Waals surface area (Å²) in [7, 11) is 0. The second-order valence-corrected chi connectivity index (χ2v) is 5.74. The van der Waals surface area contributed by atoms with Crippen LogP contribution < -0.4 is 0 Å². The minimum absolute atomic E-state index is 0.177. The molecule has 22 heavy (non-hydrogen) atoms. The maximum absolute atomic E-state index is 13.8. The first kappa shape index (κ1) is 15.0. The Labute approximate surface area is 132 Å². The van der Waals surface area contributed by atoms with Gasteiger partial charge in [0, 0.05) is 11.6 Å². The molecule has 0 aliphatic carbocycles. The van der Waals surface area contributed by atoms with Crippen molar-refractivity contribution in [2.24, 2.45) is 0 Å². The Kier molecular flexibility index (Phi) is 4.12. The zero-order valence-corrected chi connectivity index (χ0v) is 12.5. The fraction of sp³-hybridized carbons (Fsp3) is 0.235. The quantitative estimate of drug-likeness (QED) is 0.792. The summed E-state index contributed by atoms with van der Waals surface area (Å²) in [5.74, 6) is -2.26. The van der Waals surface area contributed by atoms with Gasteiger partial charge in [-0.2, -0.15) is 0 Å². The van der Waals surface area contributed by atoms with Crippen molar-refractivity contribution < 1.29 is 13.6 Å². The van der Waals surface area contributed by atoms with Gasteiger partial charge in [0.15, 0.2) is 0 Å². The molecule has 5 heteroatoms. The zero-order chi connectivity index (χ0) is 15.7. The van der Waals surface area contributed by atoms with Crippen LogP contribution in [-0.4, -0.2) is 17.4 Å². The Hall–Kier alpha value is -1.94. The smallest absolute Gasteiger partial charge is 0.260 e. The van der Waals surface area contributed by atoms with Crippen molar-refractivity contribution in [3.63, 3.8) is 0 Å². The molecule has 3 rings (SSSR count). The van der Waals surface area contributed by atoms with Crippen LogP contribution in [0.2, 0.25) is 5.02 Å². The van der Waals surface area contributed by atoms with Crippen molar-refractivity contribution in [3.05, 3.63) is 70.2 Å². The molecule has 0 aromatic heterocycles. The lowest BCUT2D eigenvalue weighted by atomic mass is 10.0. The molecule has 114 valence electrons. The maximum Gasteiger partial charge on any atom is 0.260 e. The third-order valence-corrected chi connectivity index (χ3v) is 4.20. The minimum atomic E-state index is -0.827. The van der Waals surface area contributed by atoms with E-state index in [0.29, 0.717) is 11.6 Å². The summed E-state index contributed by atoms with van der Waals surface area (Å²) >= 11 is 5.88. The third kappa shape index (κ3) is 2.71. The lowest BCUT2D eigenvalue weighted by Gasteiger charge is -2.25. The van der Waals surface area contributed by atoms with E-state index in [-0.39, 0.29) is 6.04 Å². The van der Waals surface area contributed by atoms with Crippen molar-refractivity contribution in [1.82, 2.24) is 4.90 Å². The van der Waals surface area contributed by atoms with Gasteiger partial charge in [-0.3, -0.25) is 4.79 Å². The topological polar surface area (TPSA) is 20.3 Å². The number of hydrogen-bond acceptors (Lipinski definition) is 1. The van der Waals surface area contributed by atoms with Crippen molar-refractivity contribution in [2.75, 3.05) is 6.54 Å². The molecule has 1 aliphatic rings. The molecule has 2 aromatic carbocycles. The van der Waals surface area contributed by atoms with Crippen LogP contribution in [0.1, 0.15) is 34.8 Å². The first-order valence-electron chi connectivity index (χ1n) is 7.08. The summed E-state index contributed by atoms with van der Waals surface area (Å²) in [6.45, 7) is 0.486. The van der Waals surface area contributed by atoms with Gasteiger partial charge in [0.25, 0.3) is 5.91 Å². The Morgan fingerprint density at radius 3 is 2.36 bits per heavy atom. The van der Waals surface area contributed by atoms with E-state index in [1.807, 2.05) is 12.1 Å². The molecule has 1 saturated heterocycles. The number of likely N-dealkylation sites (tertiary alicyclic amines) is 1. The molecule has 1 atom stereocenters. The van der Waals surface area contributed by atoms with Gasteiger partial charge >= 0.3 is 0 Å².